The van der Waals surface area contributed by atoms with Crippen LogP contribution in [0, 0.1) is 5.41 Å². The molecule has 6 nitrogen and oxygen atoms in total. The van der Waals surface area contributed by atoms with Gasteiger partial charge in [-0.15, -0.1) is 0 Å². The Kier molecular flexibility index (Phi) is 6.50. The van der Waals surface area contributed by atoms with E-state index in [2.05, 4.69) is 12.2 Å². The second kappa shape index (κ2) is 10.2. The molecule has 1 fully saturated rings. The molecule has 0 spiro atoms. The van der Waals surface area contributed by atoms with Crippen LogP contribution in [0.3, 0.4) is 0 Å². The Morgan fingerprint density at radius 3 is 2.91 bits per heavy atom. The van der Waals surface area contributed by atoms with E-state index in [1.807, 2.05) is 0 Å². The van der Waals surface area contributed by atoms with E-state index in [1.165, 1.54) is 0 Å². The maximum absolute atomic E-state index is 12.2. The molecule has 0 aromatic rings. The van der Waals surface area contributed by atoms with Gasteiger partial charge in [-0.05, 0) is 32.1 Å². The lowest BCUT2D eigenvalue weighted by atomic mass is 10.0. The zero-order valence-corrected chi connectivity index (χ0v) is 13.3. The monoisotopic (exact) mass is 314 g/mol. The lowest BCUT2D eigenvalue weighted by Crippen LogP contribution is -2.44. The summed E-state index contributed by atoms with van der Waals surface area (Å²) in [5.74, 6) is -1.69. The van der Waals surface area contributed by atoms with Crippen molar-refractivity contribution >= 4 is 17.8 Å². The summed E-state index contributed by atoms with van der Waals surface area (Å²) in [5.41, 5.74) is 0. The van der Waals surface area contributed by atoms with E-state index < -0.39 is 31.4 Å². The second-order valence-electron chi connectivity index (χ2n) is 5.69. The number of nitrogens with one attached hydrogen (secondary N) is 2. The molecule has 1 saturated heterocycles. The molecule has 0 aromatic carbocycles. The van der Waals surface area contributed by atoms with Gasteiger partial charge in [-0.25, -0.2) is 0 Å². The van der Waals surface area contributed by atoms with Crippen LogP contribution in [0.5, 0.6) is 0 Å². The maximum atomic E-state index is 12.2. The van der Waals surface area contributed by atoms with Crippen molar-refractivity contribution in [1.29, 1.82) is 5.41 Å². The summed E-state index contributed by atoms with van der Waals surface area (Å²) in [6.07, 6.45) is 6.85. The van der Waals surface area contributed by atoms with Gasteiger partial charge < -0.3 is 9.64 Å². The molecule has 1 rings (SSSR count). The minimum Gasteiger partial charge on any atom is -0.461 e. The van der Waals surface area contributed by atoms with Crippen LogP contribution < -0.4 is 5.32 Å². The molecule has 1 aliphatic heterocycles. The molecule has 0 bridgehead atoms. The van der Waals surface area contributed by atoms with Crippen LogP contribution >= 0.6 is 0 Å². The lowest BCUT2D eigenvalue weighted by molar-refractivity contribution is -0.150. The highest BCUT2D eigenvalue weighted by Gasteiger charge is 2.18. The van der Waals surface area contributed by atoms with E-state index in [9.17, 15) is 9.59 Å². The molecule has 22 heavy (non-hydrogen) atoms. The van der Waals surface area contributed by atoms with Crippen molar-refractivity contribution in [2.45, 2.75) is 70.8 Å². The van der Waals surface area contributed by atoms with Crippen LogP contribution in [-0.4, -0.2) is 42.4 Å². The molecule has 6 heteroatoms. The number of unbranched alkanes of at least 4 members (excludes halogenated alkanes) is 2. The van der Waals surface area contributed by atoms with E-state index in [-0.39, 0.29) is 12.5 Å². The molecule has 2 N–H and O–H groups in total. The summed E-state index contributed by atoms with van der Waals surface area (Å²) in [6, 6.07) is 0. The van der Waals surface area contributed by atoms with Gasteiger partial charge in [0.2, 0.25) is 5.91 Å². The van der Waals surface area contributed by atoms with Gasteiger partial charge in [-0.3, -0.25) is 20.3 Å². The third kappa shape index (κ3) is 7.43. The number of esters is 1. The van der Waals surface area contributed by atoms with Crippen LogP contribution in [0.1, 0.15) is 68.8 Å². The lowest BCUT2D eigenvalue weighted by Gasteiger charge is -2.22. The summed E-state index contributed by atoms with van der Waals surface area (Å²) in [7, 11) is 0. The van der Waals surface area contributed by atoms with Crippen LogP contribution in [0.15, 0.2) is 0 Å². The number of hydrogen-bond donors (Lipinski definition) is 2. The second-order valence-corrected chi connectivity index (χ2v) is 5.69. The number of rotatable bonds is 4. The minimum absolute atomic E-state index is 0.229. The third-order valence-corrected chi connectivity index (χ3v) is 3.67. The van der Waals surface area contributed by atoms with E-state index in [0.29, 0.717) is 17.7 Å². The van der Waals surface area contributed by atoms with Gasteiger partial charge in [-0.1, -0.05) is 26.2 Å². The highest BCUT2D eigenvalue weighted by atomic mass is 16.5. The predicted molar refractivity (Wildman–Crippen MR) is 85.6 cm³/mol. The fourth-order valence-electron chi connectivity index (χ4n) is 2.41. The molecule has 1 atom stereocenters. The van der Waals surface area contributed by atoms with Gasteiger partial charge in [0, 0.05) is 17.5 Å². The van der Waals surface area contributed by atoms with Crippen molar-refractivity contribution in [1.82, 2.24) is 10.2 Å². The Labute approximate surface area is 137 Å². The van der Waals surface area contributed by atoms with Crippen LogP contribution in [-0.2, 0) is 14.3 Å². The van der Waals surface area contributed by atoms with Crippen molar-refractivity contribution in [2.24, 2.45) is 0 Å². The van der Waals surface area contributed by atoms with Gasteiger partial charge >= 0.3 is 5.97 Å². The van der Waals surface area contributed by atoms with E-state index >= 15 is 0 Å². The van der Waals surface area contributed by atoms with Crippen LogP contribution in [0.4, 0.5) is 0 Å². The number of cyclic esters (lactones) is 1. The Hall–Kier alpha value is -1.59. The molecule has 1 unspecified atom stereocenters. The SMILES string of the molecule is [2H]C([2H])([2H])N1CC(=O)OC(CCCCC)CCCCCC(=O)NC1=N. The maximum Gasteiger partial charge on any atom is 0.325 e. The molecule has 126 valence electrons. The molecule has 0 radical (unpaired) electrons. The topological polar surface area (TPSA) is 82.5 Å². The highest BCUT2D eigenvalue weighted by Crippen LogP contribution is 2.15. The van der Waals surface area contributed by atoms with Gasteiger partial charge in [0.1, 0.15) is 12.6 Å². The largest absolute Gasteiger partial charge is 0.461 e. The molecule has 1 aliphatic rings. The number of hydrogen-bond acceptors (Lipinski definition) is 4. The Morgan fingerprint density at radius 2 is 2.18 bits per heavy atom. The molecular formula is C16H29N3O3. The summed E-state index contributed by atoms with van der Waals surface area (Å²) in [5, 5.41) is 10.1. The summed E-state index contributed by atoms with van der Waals surface area (Å²) < 4.78 is 28.0. The van der Waals surface area contributed by atoms with Crippen molar-refractivity contribution in [3.05, 3.63) is 0 Å². The average Bonchev–Trinajstić information content (AvgIpc) is 2.51. The smallest absolute Gasteiger partial charge is 0.325 e. The first-order chi connectivity index (χ1) is 11.7. The first-order valence-electron chi connectivity index (χ1n) is 9.59. The number of ether oxygens (including phenoxy) is 1. The summed E-state index contributed by atoms with van der Waals surface area (Å²) in [6.45, 7) is -1.19. The third-order valence-electron chi connectivity index (χ3n) is 3.67. The Morgan fingerprint density at radius 1 is 1.36 bits per heavy atom. The van der Waals surface area contributed by atoms with E-state index in [4.69, 9.17) is 14.3 Å². The fraction of sp³-hybridized carbons (Fsp3) is 0.812. The molecule has 0 aliphatic carbocycles. The fourth-order valence-corrected chi connectivity index (χ4v) is 2.41. The zero-order valence-electron chi connectivity index (χ0n) is 16.3. The zero-order chi connectivity index (χ0) is 18.9. The van der Waals surface area contributed by atoms with E-state index in [1.54, 1.807) is 0 Å². The average molecular weight is 314 g/mol. The van der Waals surface area contributed by atoms with Crippen molar-refractivity contribution in [3.8, 4) is 0 Å². The number of guanidine groups is 1. The number of nitrogens with zero attached hydrogens (tertiary/aromatic N) is 1. The molecular weight excluding hydrogens is 282 g/mol. The summed E-state index contributed by atoms with van der Waals surface area (Å²) in [4.78, 5) is 24.6. The molecule has 1 amide bonds. The standard InChI is InChI=1S/C16H29N3O3/c1-3-4-6-9-13-10-7-5-8-11-14(20)18-16(17)19(2)12-15(21)22-13/h13H,3-12H2,1-2H3,(H2,17,18,20)/i2D3. The van der Waals surface area contributed by atoms with Crippen molar-refractivity contribution in [3.63, 3.8) is 0 Å². The van der Waals surface area contributed by atoms with Crippen LogP contribution in [0.2, 0.25) is 0 Å². The number of carbonyl (C=O) groups is 2. The van der Waals surface area contributed by atoms with Gasteiger partial charge in [0.15, 0.2) is 5.96 Å². The van der Waals surface area contributed by atoms with Gasteiger partial charge in [0.05, 0.1) is 0 Å². The first-order valence-corrected chi connectivity index (χ1v) is 8.09. The number of likely N-dealkylation sites (N-methyl/N-ethyl adjacent to an activating group) is 1. The van der Waals surface area contributed by atoms with E-state index in [0.717, 1.165) is 38.5 Å². The molecule has 1 heterocycles. The summed E-state index contributed by atoms with van der Waals surface area (Å²) >= 11 is 0. The molecule has 0 saturated carbocycles. The number of amides is 1. The minimum atomic E-state index is -2.71. The Bertz CT molecular complexity index is 469. The normalized spacial score (nSPS) is 24.8. The number of carbonyl (C=O) groups excluding carboxylic acids is 2. The predicted octanol–water partition coefficient (Wildman–Crippen LogP) is 2.43. The molecule has 0 aromatic heterocycles. The first kappa shape index (κ1) is 14.0. The highest BCUT2D eigenvalue weighted by molar-refractivity contribution is 5.96. The van der Waals surface area contributed by atoms with Crippen molar-refractivity contribution in [2.75, 3.05) is 13.5 Å². The Balaban J connectivity index is 2.84. The van der Waals surface area contributed by atoms with Crippen molar-refractivity contribution < 1.29 is 18.4 Å². The van der Waals surface area contributed by atoms with Crippen LogP contribution in [0.25, 0.3) is 0 Å². The van der Waals surface area contributed by atoms with Gasteiger partial charge in [0.25, 0.3) is 0 Å². The van der Waals surface area contributed by atoms with Gasteiger partial charge in [-0.2, -0.15) is 0 Å². The quantitative estimate of drug-likeness (QED) is 0.617.